The number of nitrogens with zero attached hydrogens (tertiary/aromatic N) is 3. The van der Waals surface area contributed by atoms with Crippen LogP contribution in [0.4, 0.5) is 0 Å². The summed E-state index contributed by atoms with van der Waals surface area (Å²) in [6, 6.07) is 0. The Hall–Kier alpha value is -1.52. The van der Waals surface area contributed by atoms with Crippen molar-refractivity contribution in [3.63, 3.8) is 0 Å². The number of amides is 1. The molecule has 25 heavy (non-hydrogen) atoms. The molecule has 1 aromatic rings. The van der Waals surface area contributed by atoms with E-state index >= 15 is 0 Å². The molecule has 1 unspecified atom stereocenters. The van der Waals surface area contributed by atoms with Gasteiger partial charge in [0.05, 0.1) is 22.9 Å². The van der Waals surface area contributed by atoms with E-state index in [-0.39, 0.29) is 50.2 Å². The topological polar surface area (TPSA) is 108 Å². The molecule has 2 atom stereocenters. The molecule has 2 saturated heterocycles. The van der Waals surface area contributed by atoms with E-state index in [0.29, 0.717) is 5.69 Å². The van der Waals surface area contributed by atoms with Gasteiger partial charge in [-0.25, -0.2) is 17.7 Å². The van der Waals surface area contributed by atoms with Crippen LogP contribution < -0.4 is 0 Å². The number of hydrogen-bond donors (Lipinski definition) is 1. The normalized spacial score (nSPS) is 26.8. The predicted octanol–water partition coefficient (Wildman–Crippen LogP) is 0.189. The van der Waals surface area contributed by atoms with E-state index in [2.05, 4.69) is 4.98 Å². The SMILES string of the molecule is CCS(=O)(=O)N1CC2CN(C(=O)Cc3csc(C)n3)C[C@]2(C(=O)O)C1. The largest absolute Gasteiger partial charge is 0.481 e. The number of sulfonamides is 1. The minimum absolute atomic E-state index is 0.0463. The Kier molecular flexibility index (Phi) is 4.63. The maximum absolute atomic E-state index is 12.5. The number of fused-ring (bicyclic) bond motifs is 1. The van der Waals surface area contributed by atoms with Gasteiger partial charge >= 0.3 is 5.97 Å². The lowest BCUT2D eigenvalue weighted by Gasteiger charge is -2.25. The number of thiazole rings is 1. The van der Waals surface area contributed by atoms with Gasteiger partial charge in [0.1, 0.15) is 5.41 Å². The fraction of sp³-hybridized carbons (Fsp3) is 0.667. The minimum Gasteiger partial charge on any atom is -0.481 e. The van der Waals surface area contributed by atoms with Gasteiger partial charge in [-0.05, 0) is 13.8 Å². The molecule has 0 radical (unpaired) electrons. The van der Waals surface area contributed by atoms with Gasteiger partial charge in [-0.3, -0.25) is 9.59 Å². The molecule has 0 bridgehead atoms. The van der Waals surface area contributed by atoms with Crippen LogP contribution in [-0.2, 0) is 26.0 Å². The van der Waals surface area contributed by atoms with Crippen molar-refractivity contribution in [1.29, 1.82) is 0 Å². The lowest BCUT2D eigenvalue weighted by molar-refractivity contribution is -0.148. The van der Waals surface area contributed by atoms with Gasteiger partial charge in [0, 0.05) is 37.5 Å². The quantitative estimate of drug-likeness (QED) is 0.773. The van der Waals surface area contributed by atoms with Crippen molar-refractivity contribution in [3.05, 3.63) is 16.1 Å². The van der Waals surface area contributed by atoms with E-state index in [1.54, 1.807) is 11.8 Å². The lowest BCUT2D eigenvalue weighted by atomic mass is 9.81. The molecule has 3 heterocycles. The molecule has 0 aromatic carbocycles. The van der Waals surface area contributed by atoms with E-state index in [0.717, 1.165) is 5.01 Å². The summed E-state index contributed by atoms with van der Waals surface area (Å²) in [7, 11) is -3.44. The van der Waals surface area contributed by atoms with Gasteiger partial charge in [-0.15, -0.1) is 11.3 Å². The van der Waals surface area contributed by atoms with Crippen LogP contribution >= 0.6 is 11.3 Å². The number of carbonyl (C=O) groups is 2. The molecule has 1 aromatic heterocycles. The summed E-state index contributed by atoms with van der Waals surface area (Å²) in [6.07, 6.45) is 0.143. The minimum atomic E-state index is -3.44. The van der Waals surface area contributed by atoms with E-state index in [9.17, 15) is 23.1 Å². The van der Waals surface area contributed by atoms with Gasteiger partial charge in [-0.1, -0.05) is 0 Å². The Morgan fingerprint density at radius 3 is 2.64 bits per heavy atom. The fourth-order valence-corrected chi connectivity index (χ4v) is 5.47. The second-order valence-electron chi connectivity index (χ2n) is 6.66. The molecule has 8 nitrogen and oxygen atoms in total. The van der Waals surface area contributed by atoms with Gasteiger partial charge in [-0.2, -0.15) is 0 Å². The molecule has 1 amide bonds. The fourth-order valence-electron chi connectivity index (χ4n) is 3.66. The Morgan fingerprint density at radius 2 is 2.12 bits per heavy atom. The Balaban J connectivity index is 1.75. The predicted molar refractivity (Wildman–Crippen MR) is 91.7 cm³/mol. The molecule has 2 fully saturated rings. The van der Waals surface area contributed by atoms with Crippen molar-refractivity contribution in [2.45, 2.75) is 20.3 Å². The molecule has 3 rings (SSSR count). The van der Waals surface area contributed by atoms with Crippen LogP contribution in [0.2, 0.25) is 0 Å². The highest BCUT2D eigenvalue weighted by molar-refractivity contribution is 7.89. The van der Waals surface area contributed by atoms with Crippen molar-refractivity contribution in [2.24, 2.45) is 11.3 Å². The monoisotopic (exact) mass is 387 g/mol. The molecule has 0 saturated carbocycles. The maximum atomic E-state index is 12.5. The van der Waals surface area contributed by atoms with Gasteiger partial charge < -0.3 is 10.0 Å². The molecule has 10 heteroatoms. The summed E-state index contributed by atoms with van der Waals surface area (Å²) < 4.78 is 25.5. The Bertz CT molecular complexity index is 806. The van der Waals surface area contributed by atoms with Crippen LogP contribution in [0.15, 0.2) is 5.38 Å². The third-order valence-corrected chi connectivity index (χ3v) is 7.73. The van der Waals surface area contributed by atoms with Crippen LogP contribution in [0, 0.1) is 18.3 Å². The third-order valence-electron chi connectivity index (χ3n) is 5.11. The molecular formula is C15H21N3O5S2. The molecule has 138 valence electrons. The zero-order valence-corrected chi connectivity index (χ0v) is 15.8. The highest BCUT2D eigenvalue weighted by atomic mass is 32.2. The summed E-state index contributed by atoms with van der Waals surface area (Å²) in [5, 5.41) is 12.5. The van der Waals surface area contributed by atoms with Crippen molar-refractivity contribution in [1.82, 2.24) is 14.2 Å². The second-order valence-corrected chi connectivity index (χ2v) is 9.98. The molecule has 0 aliphatic carbocycles. The highest BCUT2D eigenvalue weighted by Crippen LogP contribution is 2.44. The number of rotatable bonds is 5. The molecule has 0 spiro atoms. The number of aryl methyl sites for hydroxylation is 1. The van der Waals surface area contributed by atoms with Crippen molar-refractivity contribution in [2.75, 3.05) is 31.9 Å². The summed E-state index contributed by atoms with van der Waals surface area (Å²) >= 11 is 1.47. The Morgan fingerprint density at radius 1 is 1.40 bits per heavy atom. The van der Waals surface area contributed by atoms with Crippen LogP contribution in [0.5, 0.6) is 0 Å². The summed E-state index contributed by atoms with van der Waals surface area (Å²) in [4.78, 5) is 30.3. The van der Waals surface area contributed by atoms with Crippen molar-refractivity contribution >= 4 is 33.2 Å². The molecule has 1 N–H and O–H groups in total. The number of carboxylic acids is 1. The first kappa shape index (κ1) is 18.3. The molecule has 2 aliphatic rings. The van der Waals surface area contributed by atoms with Gasteiger partial charge in [0.15, 0.2) is 0 Å². The van der Waals surface area contributed by atoms with E-state index < -0.39 is 21.4 Å². The third kappa shape index (κ3) is 3.18. The Labute approximate surface area is 150 Å². The number of carbonyl (C=O) groups excluding carboxylic acids is 1. The summed E-state index contributed by atoms with van der Waals surface area (Å²) in [6.45, 7) is 3.81. The van der Waals surface area contributed by atoms with Crippen LogP contribution in [0.1, 0.15) is 17.6 Å². The molecular weight excluding hydrogens is 366 g/mol. The lowest BCUT2D eigenvalue weighted by Crippen LogP contribution is -2.43. The zero-order chi connectivity index (χ0) is 18.4. The first-order chi connectivity index (χ1) is 11.7. The van der Waals surface area contributed by atoms with Gasteiger partial charge in [0.25, 0.3) is 0 Å². The number of aromatic nitrogens is 1. The van der Waals surface area contributed by atoms with Crippen molar-refractivity contribution < 1.29 is 23.1 Å². The standard InChI is InChI=1S/C15H21N3O5S2/c1-3-25(22,23)18-6-11-5-17(8-15(11,9-18)14(20)21)13(19)4-12-7-24-10(2)16-12/h7,11H,3-6,8-9H2,1-2H3,(H,20,21)/t11?,15-/m0/s1. The highest BCUT2D eigenvalue weighted by Gasteiger charge is 2.60. The second kappa shape index (κ2) is 6.33. The van der Waals surface area contributed by atoms with Crippen LogP contribution in [0.3, 0.4) is 0 Å². The number of carboxylic acid groups (broad SMARTS) is 1. The summed E-state index contributed by atoms with van der Waals surface area (Å²) in [5.41, 5.74) is -0.528. The van der Waals surface area contributed by atoms with E-state index in [1.807, 2.05) is 12.3 Å². The van der Waals surface area contributed by atoms with E-state index in [1.165, 1.54) is 15.6 Å². The van der Waals surface area contributed by atoms with E-state index in [4.69, 9.17) is 0 Å². The first-order valence-corrected chi connectivity index (χ1v) is 10.6. The smallest absolute Gasteiger partial charge is 0.313 e. The number of hydrogen-bond acceptors (Lipinski definition) is 6. The van der Waals surface area contributed by atoms with Crippen LogP contribution in [0.25, 0.3) is 0 Å². The zero-order valence-electron chi connectivity index (χ0n) is 14.1. The average molecular weight is 387 g/mol. The molecule has 2 aliphatic heterocycles. The number of aliphatic carboxylic acids is 1. The van der Waals surface area contributed by atoms with Crippen LogP contribution in [-0.4, -0.2) is 71.5 Å². The first-order valence-electron chi connectivity index (χ1n) is 8.08. The maximum Gasteiger partial charge on any atom is 0.313 e. The van der Waals surface area contributed by atoms with Crippen molar-refractivity contribution in [3.8, 4) is 0 Å². The number of likely N-dealkylation sites (tertiary alicyclic amines) is 1. The average Bonchev–Trinajstić information content (AvgIpc) is 3.19. The van der Waals surface area contributed by atoms with Gasteiger partial charge in [0.2, 0.25) is 15.9 Å². The summed E-state index contributed by atoms with van der Waals surface area (Å²) in [5.74, 6) is -1.63.